The average Bonchev–Trinajstić information content (AvgIpc) is 2.90. The number of amides is 1. The Labute approximate surface area is 72.1 Å². The van der Waals surface area contributed by atoms with Crippen molar-refractivity contribution in [3.63, 3.8) is 0 Å². The molecule has 12 heavy (non-hydrogen) atoms. The van der Waals surface area contributed by atoms with E-state index in [0.717, 1.165) is 45.7 Å². The molecule has 4 nitrogen and oxygen atoms in total. The molecule has 2 saturated heterocycles. The Morgan fingerprint density at radius 1 is 1.33 bits per heavy atom. The van der Waals surface area contributed by atoms with E-state index in [1.807, 2.05) is 4.90 Å². The fraction of sp³-hybridized carbons (Fsp3) is 0.875. The number of rotatable bonds is 3. The summed E-state index contributed by atoms with van der Waals surface area (Å²) in [5, 5.41) is 0. The van der Waals surface area contributed by atoms with Gasteiger partial charge in [0.1, 0.15) is 0 Å². The minimum Gasteiger partial charge on any atom is -0.372 e. The van der Waals surface area contributed by atoms with Gasteiger partial charge in [-0.25, -0.2) is 0 Å². The minimum atomic E-state index is 0.479. The number of hydrogen-bond donors (Lipinski definition) is 0. The van der Waals surface area contributed by atoms with Crippen LogP contribution >= 0.6 is 0 Å². The summed E-state index contributed by atoms with van der Waals surface area (Å²) in [7, 11) is 0. The molecular formula is C8H14N2O2. The van der Waals surface area contributed by atoms with Crippen LogP contribution in [0.3, 0.4) is 0 Å². The molecule has 0 N–H and O–H groups in total. The molecule has 1 atom stereocenters. The maximum absolute atomic E-state index is 10.4. The first-order chi connectivity index (χ1) is 5.88. The van der Waals surface area contributed by atoms with Crippen molar-refractivity contribution in [3.05, 3.63) is 0 Å². The van der Waals surface area contributed by atoms with Crippen molar-refractivity contribution in [3.8, 4) is 0 Å². The van der Waals surface area contributed by atoms with Gasteiger partial charge >= 0.3 is 0 Å². The molecule has 0 aromatic carbocycles. The lowest BCUT2D eigenvalue weighted by molar-refractivity contribution is -0.119. The molecule has 0 spiro atoms. The van der Waals surface area contributed by atoms with E-state index < -0.39 is 0 Å². The van der Waals surface area contributed by atoms with E-state index in [-0.39, 0.29) is 0 Å². The normalized spacial score (nSPS) is 30.3. The number of carbonyl (C=O) groups excluding carboxylic acids is 1. The Bertz CT molecular complexity index is 162. The van der Waals surface area contributed by atoms with Crippen LogP contribution in [0.2, 0.25) is 0 Å². The number of nitrogens with zero attached hydrogens (tertiary/aromatic N) is 2. The highest BCUT2D eigenvalue weighted by Crippen LogP contribution is 2.11. The molecule has 0 aliphatic carbocycles. The summed E-state index contributed by atoms with van der Waals surface area (Å²) in [6.07, 6.45) is 1.41. The summed E-state index contributed by atoms with van der Waals surface area (Å²) in [4.78, 5) is 14.6. The molecule has 0 aromatic rings. The lowest BCUT2D eigenvalue weighted by Gasteiger charge is -2.31. The van der Waals surface area contributed by atoms with E-state index >= 15 is 0 Å². The lowest BCUT2D eigenvalue weighted by Crippen LogP contribution is -2.46. The van der Waals surface area contributed by atoms with Crippen molar-refractivity contribution in [2.24, 2.45) is 0 Å². The molecule has 2 rings (SSSR count). The van der Waals surface area contributed by atoms with E-state index in [0.29, 0.717) is 6.10 Å². The van der Waals surface area contributed by atoms with Gasteiger partial charge in [0.25, 0.3) is 0 Å². The third-order valence-corrected chi connectivity index (χ3v) is 2.42. The van der Waals surface area contributed by atoms with Gasteiger partial charge in [-0.1, -0.05) is 0 Å². The number of carbonyl (C=O) groups is 1. The molecule has 68 valence electrons. The fourth-order valence-electron chi connectivity index (χ4n) is 1.51. The smallest absolute Gasteiger partial charge is 0.209 e. The van der Waals surface area contributed by atoms with Crippen LogP contribution in [0.1, 0.15) is 0 Å². The first-order valence-corrected chi connectivity index (χ1v) is 4.42. The van der Waals surface area contributed by atoms with E-state index in [4.69, 9.17) is 4.74 Å². The second-order valence-corrected chi connectivity index (χ2v) is 3.40. The van der Waals surface area contributed by atoms with E-state index in [1.54, 1.807) is 0 Å². The van der Waals surface area contributed by atoms with Gasteiger partial charge in [-0.3, -0.25) is 9.69 Å². The minimum absolute atomic E-state index is 0.479. The SMILES string of the molecule is O=CN1CCN(C[C@@H]2CO2)CC1. The van der Waals surface area contributed by atoms with Crippen LogP contribution < -0.4 is 0 Å². The van der Waals surface area contributed by atoms with E-state index in [9.17, 15) is 4.79 Å². The van der Waals surface area contributed by atoms with E-state index in [1.165, 1.54) is 0 Å². The van der Waals surface area contributed by atoms with Crippen LogP contribution in [0.25, 0.3) is 0 Å². The number of piperazine rings is 1. The van der Waals surface area contributed by atoms with Gasteiger partial charge in [-0.05, 0) is 0 Å². The summed E-state index contributed by atoms with van der Waals surface area (Å²) in [5.74, 6) is 0. The monoisotopic (exact) mass is 170 g/mol. The Morgan fingerprint density at radius 2 is 2.00 bits per heavy atom. The Balaban J connectivity index is 1.70. The molecule has 0 bridgehead atoms. The predicted octanol–water partition coefficient (Wildman–Crippen LogP) is -0.841. The largest absolute Gasteiger partial charge is 0.372 e. The van der Waals surface area contributed by atoms with Crippen molar-refractivity contribution < 1.29 is 9.53 Å². The second-order valence-electron chi connectivity index (χ2n) is 3.40. The summed E-state index contributed by atoms with van der Waals surface area (Å²) in [6.45, 7) is 5.71. The zero-order valence-electron chi connectivity index (χ0n) is 7.11. The van der Waals surface area contributed by atoms with Gasteiger partial charge in [-0.15, -0.1) is 0 Å². The van der Waals surface area contributed by atoms with Gasteiger partial charge in [0.2, 0.25) is 6.41 Å². The predicted molar refractivity (Wildman–Crippen MR) is 43.8 cm³/mol. The van der Waals surface area contributed by atoms with Gasteiger partial charge in [0, 0.05) is 32.7 Å². The van der Waals surface area contributed by atoms with Crippen LogP contribution in [-0.2, 0) is 9.53 Å². The van der Waals surface area contributed by atoms with Crippen molar-refractivity contribution in [1.29, 1.82) is 0 Å². The number of epoxide rings is 1. The molecular weight excluding hydrogens is 156 g/mol. The van der Waals surface area contributed by atoms with E-state index in [2.05, 4.69) is 4.90 Å². The molecule has 2 aliphatic rings. The first-order valence-electron chi connectivity index (χ1n) is 4.42. The molecule has 0 radical (unpaired) electrons. The third kappa shape index (κ3) is 1.95. The molecule has 0 aromatic heterocycles. The molecule has 4 heteroatoms. The molecule has 1 amide bonds. The quantitative estimate of drug-likeness (QED) is 0.409. The Morgan fingerprint density at radius 3 is 2.50 bits per heavy atom. The highest BCUT2D eigenvalue weighted by molar-refractivity contribution is 5.47. The van der Waals surface area contributed by atoms with Crippen molar-refractivity contribution >= 4 is 6.41 Å². The van der Waals surface area contributed by atoms with Crippen molar-refractivity contribution in [2.45, 2.75) is 6.10 Å². The Hall–Kier alpha value is -0.610. The Kier molecular flexibility index (Phi) is 2.28. The topological polar surface area (TPSA) is 36.1 Å². The average molecular weight is 170 g/mol. The summed E-state index contributed by atoms with van der Waals surface area (Å²) >= 11 is 0. The molecule has 2 heterocycles. The standard InChI is InChI=1S/C8H14N2O2/c11-7-10-3-1-9(2-4-10)5-8-6-12-8/h7-8H,1-6H2/t8-/m1/s1. The maximum Gasteiger partial charge on any atom is 0.209 e. The zero-order chi connectivity index (χ0) is 8.39. The molecule has 0 saturated carbocycles. The van der Waals surface area contributed by atoms with Gasteiger partial charge < -0.3 is 9.64 Å². The van der Waals surface area contributed by atoms with Crippen molar-refractivity contribution in [2.75, 3.05) is 39.3 Å². The first kappa shape index (κ1) is 8.01. The zero-order valence-corrected chi connectivity index (χ0v) is 7.11. The van der Waals surface area contributed by atoms with Crippen LogP contribution in [0, 0.1) is 0 Å². The van der Waals surface area contributed by atoms with Gasteiger partial charge in [0.15, 0.2) is 0 Å². The maximum atomic E-state index is 10.4. The highest BCUT2D eigenvalue weighted by Gasteiger charge is 2.26. The van der Waals surface area contributed by atoms with Crippen LogP contribution in [0.5, 0.6) is 0 Å². The summed E-state index contributed by atoms with van der Waals surface area (Å²) in [5.41, 5.74) is 0. The van der Waals surface area contributed by atoms with Gasteiger partial charge in [0.05, 0.1) is 12.7 Å². The second kappa shape index (κ2) is 3.41. The summed E-state index contributed by atoms with van der Waals surface area (Å²) < 4.78 is 5.14. The fourth-order valence-corrected chi connectivity index (χ4v) is 1.51. The number of ether oxygens (including phenoxy) is 1. The highest BCUT2D eigenvalue weighted by atomic mass is 16.6. The van der Waals surface area contributed by atoms with Crippen LogP contribution in [-0.4, -0.2) is 61.6 Å². The number of hydrogen-bond acceptors (Lipinski definition) is 3. The lowest BCUT2D eigenvalue weighted by atomic mass is 10.3. The van der Waals surface area contributed by atoms with Crippen LogP contribution in [0.4, 0.5) is 0 Å². The van der Waals surface area contributed by atoms with Crippen LogP contribution in [0.15, 0.2) is 0 Å². The molecule has 2 aliphatic heterocycles. The third-order valence-electron chi connectivity index (χ3n) is 2.42. The van der Waals surface area contributed by atoms with Gasteiger partial charge in [-0.2, -0.15) is 0 Å². The summed E-state index contributed by atoms with van der Waals surface area (Å²) in [6, 6.07) is 0. The molecule has 2 fully saturated rings. The van der Waals surface area contributed by atoms with Crippen molar-refractivity contribution in [1.82, 2.24) is 9.80 Å². The molecule has 0 unspecified atom stereocenters.